The minimum Gasteiger partial charge on any atom is -0.301 e. The topological polar surface area (TPSA) is 80.7 Å². The van der Waals surface area contributed by atoms with E-state index in [9.17, 15) is 4.79 Å². The lowest BCUT2D eigenvalue weighted by atomic mass is 10.1. The SMILES string of the molecule is Cc1csc(NC(=O)CSc2ncnc3c(-c4ccccc4)nsc23)n1. The highest BCUT2D eigenvalue weighted by Crippen LogP contribution is 2.34. The molecule has 1 N–H and O–H groups in total. The van der Waals surface area contributed by atoms with Crippen LogP contribution in [0.5, 0.6) is 0 Å². The molecule has 6 nitrogen and oxygen atoms in total. The second kappa shape index (κ2) is 7.48. The van der Waals surface area contributed by atoms with E-state index in [1.54, 1.807) is 0 Å². The third-order valence-electron chi connectivity index (χ3n) is 3.48. The highest BCUT2D eigenvalue weighted by atomic mass is 32.2. The summed E-state index contributed by atoms with van der Waals surface area (Å²) in [5.74, 6) is 0.146. The van der Waals surface area contributed by atoms with E-state index in [1.165, 1.54) is 41.0 Å². The van der Waals surface area contributed by atoms with Crippen molar-refractivity contribution in [2.45, 2.75) is 11.9 Å². The lowest BCUT2D eigenvalue weighted by Gasteiger charge is -2.02. The van der Waals surface area contributed by atoms with Crippen molar-refractivity contribution >= 4 is 55.9 Å². The van der Waals surface area contributed by atoms with Crippen molar-refractivity contribution in [3.63, 3.8) is 0 Å². The third kappa shape index (κ3) is 3.59. The summed E-state index contributed by atoms with van der Waals surface area (Å²) in [5.41, 5.74) is 3.58. The minimum atomic E-state index is -0.107. The van der Waals surface area contributed by atoms with Crippen LogP contribution in [0.3, 0.4) is 0 Å². The van der Waals surface area contributed by atoms with Gasteiger partial charge in [0.2, 0.25) is 5.91 Å². The van der Waals surface area contributed by atoms with E-state index in [4.69, 9.17) is 0 Å². The Kier molecular flexibility index (Phi) is 4.91. The van der Waals surface area contributed by atoms with Gasteiger partial charge < -0.3 is 5.32 Å². The van der Waals surface area contributed by atoms with Crippen molar-refractivity contribution in [2.24, 2.45) is 0 Å². The van der Waals surface area contributed by atoms with Crippen molar-refractivity contribution < 1.29 is 4.79 Å². The van der Waals surface area contributed by atoms with Gasteiger partial charge in [-0.15, -0.1) is 11.3 Å². The molecule has 0 radical (unpaired) electrons. The number of thioether (sulfide) groups is 1. The molecular formula is C17H13N5OS3. The first-order valence-corrected chi connectivity index (χ1v) is 10.3. The average molecular weight is 400 g/mol. The zero-order chi connectivity index (χ0) is 17.9. The number of rotatable bonds is 5. The average Bonchev–Trinajstić information content (AvgIpc) is 3.27. The van der Waals surface area contributed by atoms with Crippen LogP contribution in [0.2, 0.25) is 0 Å². The Morgan fingerprint density at radius 2 is 2.08 bits per heavy atom. The monoisotopic (exact) mass is 399 g/mol. The molecule has 0 spiro atoms. The van der Waals surface area contributed by atoms with Gasteiger partial charge in [0.1, 0.15) is 27.3 Å². The van der Waals surface area contributed by atoms with Crippen LogP contribution in [0.25, 0.3) is 21.5 Å². The zero-order valence-corrected chi connectivity index (χ0v) is 16.1. The first-order chi connectivity index (χ1) is 12.7. The summed E-state index contributed by atoms with van der Waals surface area (Å²) in [6.07, 6.45) is 1.52. The molecule has 130 valence electrons. The van der Waals surface area contributed by atoms with Gasteiger partial charge >= 0.3 is 0 Å². The largest absolute Gasteiger partial charge is 0.301 e. The quantitative estimate of drug-likeness (QED) is 0.399. The number of amides is 1. The Balaban J connectivity index is 1.52. The fourth-order valence-electron chi connectivity index (χ4n) is 2.33. The molecule has 0 bridgehead atoms. The molecule has 0 fully saturated rings. The van der Waals surface area contributed by atoms with Gasteiger partial charge in [0.15, 0.2) is 5.13 Å². The molecule has 1 amide bonds. The summed E-state index contributed by atoms with van der Waals surface area (Å²) in [4.78, 5) is 25.1. The predicted octanol–water partition coefficient (Wildman–Crippen LogP) is 4.25. The van der Waals surface area contributed by atoms with Crippen LogP contribution in [0.4, 0.5) is 5.13 Å². The number of thiazole rings is 1. The van der Waals surface area contributed by atoms with E-state index in [0.717, 1.165) is 32.2 Å². The fraction of sp³-hybridized carbons (Fsp3) is 0.118. The summed E-state index contributed by atoms with van der Waals surface area (Å²) in [5, 5.41) is 6.09. The third-order valence-corrected chi connectivity index (χ3v) is 6.31. The van der Waals surface area contributed by atoms with Crippen molar-refractivity contribution in [2.75, 3.05) is 11.1 Å². The van der Waals surface area contributed by atoms with Crippen LogP contribution in [-0.2, 0) is 4.79 Å². The normalized spacial score (nSPS) is 11.0. The minimum absolute atomic E-state index is 0.107. The number of carbonyl (C=O) groups is 1. The van der Waals surface area contributed by atoms with Gasteiger partial charge in [-0.2, -0.15) is 4.37 Å². The fourth-order valence-corrected chi connectivity index (χ4v) is 4.76. The van der Waals surface area contributed by atoms with E-state index in [2.05, 4.69) is 24.6 Å². The molecule has 9 heteroatoms. The van der Waals surface area contributed by atoms with Crippen molar-refractivity contribution in [1.29, 1.82) is 0 Å². The molecule has 26 heavy (non-hydrogen) atoms. The van der Waals surface area contributed by atoms with E-state index in [1.807, 2.05) is 42.6 Å². The highest BCUT2D eigenvalue weighted by Gasteiger charge is 2.15. The number of aromatic nitrogens is 4. The molecular weight excluding hydrogens is 386 g/mol. The molecule has 0 unspecified atom stereocenters. The van der Waals surface area contributed by atoms with Crippen LogP contribution in [0.15, 0.2) is 47.1 Å². The van der Waals surface area contributed by atoms with Crippen LogP contribution < -0.4 is 5.32 Å². The van der Waals surface area contributed by atoms with E-state index in [-0.39, 0.29) is 11.7 Å². The lowest BCUT2D eigenvalue weighted by molar-refractivity contribution is -0.113. The Labute approximate surface area is 161 Å². The van der Waals surface area contributed by atoms with Gasteiger partial charge in [0.05, 0.1) is 11.4 Å². The van der Waals surface area contributed by atoms with Crippen molar-refractivity contribution in [3.05, 3.63) is 47.7 Å². The van der Waals surface area contributed by atoms with Gasteiger partial charge in [-0.05, 0) is 18.5 Å². The molecule has 0 saturated carbocycles. The van der Waals surface area contributed by atoms with Gasteiger partial charge in [-0.25, -0.2) is 15.0 Å². The Hall–Kier alpha value is -2.36. The molecule has 1 aromatic carbocycles. The van der Waals surface area contributed by atoms with Gasteiger partial charge in [-0.1, -0.05) is 42.1 Å². The van der Waals surface area contributed by atoms with Gasteiger partial charge in [0.25, 0.3) is 0 Å². The lowest BCUT2D eigenvalue weighted by Crippen LogP contribution is -2.13. The molecule has 3 heterocycles. The first-order valence-electron chi connectivity index (χ1n) is 7.71. The number of carbonyl (C=O) groups excluding carboxylic acids is 1. The highest BCUT2D eigenvalue weighted by molar-refractivity contribution is 8.00. The number of aryl methyl sites for hydroxylation is 1. The summed E-state index contributed by atoms with van der Waals surface area (Å²) in [6, 6.07) is 9.93. The second-order valence-electron chi connectivity index (χ2n) is 5.38. The molecule has 0 aliphatic heterocycles. The summed E-state index contributed by atoms with van der Waals surface area (Å²) < 4.78 is 5.44. The maximum Gasteiger partial charge on any atom is 0.236 e. The number of hydrogen-bond acceptors (Lipinski definition) is 8. The smallest absolute Gasteiger partial charge is 0.236 e. The maximum atomic E-state index is 12.1. The van der Waals surface area contributed by atoms with Crippen molar-refractivity contribution in [1.82, 2.24) is 19.3 Å². The van der Waals surface area contributed by atoms with Crippen LogP contribution in [-0.4, -0.2) is 31.0 Å². The van der Waals surface area contributed by atoms with Crippen LogP contribution in [0, 0.1) is 6.92 Å². The number of fused-ring (bicyclic) bond motifs is 1. The molecule has 0 saturated heterocycles. The second-order valence-corrected chi connectivity index (χ2v) is 7.98. The molecule has 0 aliphatic carbocycles. The molecule has 4 rings (SSSR count). The first kappa shape index (κ1) is 17.1. The molecule has 0 atom stereocenters. The van der Waals surface area contributed by atoms with E-state index >= 15 is 0 Å². The Bertz CT molecular complexity index is 1060. The molecule has 0 aliphatic rings. The van der Waals surface area contributed by atoms with Crippen LogP contribution in [0.1, 0.15) is 5.69 Å². The number of benzene rings is 1. The number of hydrogen-bond donors (Lipinski definition) is 1. The summed E-state index contributed by atoms with van der Waals surface area (Å²) in [6.45, 7) is 1.90. The summed E-state index contributed by atoms with van der Waals surface area (Å²) >= 11 is 4.15. The van der Waals surface area contributed by atoms with E-state index < -0.39 is 0 Å². The molecule has 4 aromatic rings. The number of anilines is 1. The number of nitrogens with one attached hydrogen (secondary N) is 1. The van der Waals surface area contributed by atoms with Gasteiger partial charge in [-0.3, -0.25) is 4.79 Å². The maximum absolute atomic E-state index is 12.1. The Morgan fingerprint density at radius 1 is 1.23 bits per heavy atom. The van der Waals surface area contributed by atoms with E-state index in [0.29, 0.717) is 5.13 Å². The van der Waals surface area contributed by atoms with Crippen molar-refractivity contribution in [3.8, 4) is 11.3 Å². The Morgan fingerprint density at radius 3 is 2.85 bits per heavy atom. The predicted molar refractivity (Wildman–Crippen MR) is 107 cm³/mol. The zero-order valence-electron chi connectivity index (χ0n) is 13.7. The summed E-state index contributed by atoms with van der Waals surface area (Å²) in [7, 11) is 0. The van der Waals surface area contributed by atoms with Gasteiger partial charge in [0, 0.05) is 10.9 Å². The molecule has 3 aromatic heterocycles. The number of nitrogens with zero attached hydrogens (tertiary/aromatic N) is 4. The standard InChI is InChI=1S/C17H13N5OS3/c1-10-7-25-17(20-10)21-12(23)8-24-16-15-14(18-9-19-16)13(22-26-15)11-5-3-2-4-6-11/h2-7,9H,8H2,1H3,(H,20,21,23). The van der Waals surface area contributed by atoms with Crippen LogP contribution >= 0.6 is 34.6 Å².